The van der Waals surface area contributed by atoms with Gasteiger partial charge in [-0.05, 0) is 39.0 Å². The van der Waals surface area contributed by atoms with Crippen LogP contribution in [0.25, 0.3) is 0 Å². The molecule has 1 aromatic carbocycles. The molecule has 1 saturated heterocycles. The molecule has 0 atom stereocenters. The van der Waals surface area contributed by atoms with Crippen LogP contribution in [0.5, 0.6) is 0 Å². The first-order valence-electron chi connectivity index (χ1n) is 7.29. The third kappa shape index (κ3) is 3.91. The van der Waals surface area contributed by atoms with Gasteiger partial charge in [-0.2, -0.15) is 0 Å². The summed E-state index contributed by atoms with van der Waals surface area (Å²) in [5.74, 6) is 1.91. The number of piperazine rings is 1. The number of benzene rings is 1. The van der Waals surface area contributed by atoms with Gasteiger partial charge in [-0.15, -0.1) is 6.42 Å². The van der Waals surface area contributed by atoms with Crippen LogP contribution in [0.15, 0.2) is 18.2 Å². The second-order valence-electron chi connectivity index (χ2n) is 6.26. The van der Waals surface area contributed by atoms with Crippen molar-refractivity contribution in [2.45, 2.75) is 26.4 Å². The Labute approximate surface area is 130 Å². The summed E-state index contributed by atoms with van der Waals surface area (Å²) in [7, 11) is 0. The van der Waals surface area contributed by atoms with Crippen LogP contribution < -0.4 is 4.90 Å². The minimum Gasteiger partial charge on any atom is -0.444 e. The minimum atomic E-state index is -0.498. The molecule has 1 fully saturated rings. The molecule has 0 unspecified atom stereocenters. The van der Waals surface area contributed by atoms with E-state index in [1.807, 2.05) is 25.7 Å². The van der Waals surface area contributed by atoms with E-state index in [2.05, 4.69) is 5.92 Å². The molecule has 0 saturated carbocycles. The molecule has 1 aromatic rings. The van der Waals surface area contributed by atoms with Gasteiger partial charge in [0.15, 0.2) is 0 Å². The van der Waals surface area contributed by atoms with Gasteiger partial charge in [-0.25, -0.2) is 9.18 Å². The van der Waals surface area contributed by atoms with E-state index in [1.54, 1.807) is 17.0 Å². The maximum absolute atomic E-state index is 13.7. The Morgan fingerprint density at radius 3 is 2.41 bits per heavy atom. The van der Waals surface area contributed by atoms with Gasteiger partial charge < -0.3 is 14.5 Å². The average Bonchev–Trinajstić information content (AvgIpc) is 2.45. The predicted octanol–water partition coefficient (Wildman–Crippen LogP) is 2.86. The second-order valence-corrected chi connectivity index (χ2v) is 6.26. The zero-order chi connectivity index (χ0) is 16.3. The highest BCUT2D eigenvalue weighted by atomic mass is 19.1. The maximum atomic E-state index is 13.7. The summed E-state index contributed by atoms with van der Waals surface area (Å²) in [4.78, 5) is 15.7. The fourth-order valence-corrected chi connectivity index (χ4v) is 2.29. The molecule has 2 rings (SSSR count). The lowest BCUT2D eigenvalue weighted by atomic mass is 10.1. The minimum absolute atomic E-state index is 0.260. The summed E-state index contributed by atoms with van der Waals surface area (Å²) in [6.07, 6.45) is 4.91. The summed E-state index contributed by atoms with van der Waals surface area (Å²) in [6, 6.07) is 4.85. The molecule has 0 aromatic heterocycles. The highest BCUT2D eigenvalue weighted by Gasteiger charge is 2.26. The van der Waals surface area contributed by atoms with Crippen molar-refractivity contribution in [2.24, 2.45) is 0 Å². The van der Waals surface area contributed by atoms with Gasteiger partial charge in [-0.1, -0.05) is 5.92 Å². The van der Waals surface area contributed by atoms with Crippen LogP contribution in [0.2, 0.25) is 0 Å². The van der Waals surface area contributed by atoms with Gasteiger partial charge in [0.2, 0.25) is 0 Å². The van der Waals surface area contributed by atoms with E-state index in [4.69, 9.17) is 11.2 Å². The van der Waals surface area contributed by atoms with Crippen molar-refractivity contribution in [2.75, 3.05) is 31.1 Å². The Balaban J connectivity index is 1.96. The Kier molecular flexibility index (Phi) is 4.60. The molecule has 0 radical (unpaired) electrons. The van der Waals surface area contributed by atoms with E-state index in [0.29, 0.717) is 26.2 Å². The quantitative estimate of drug-likeness (QED) is 0.748. The number of carbonyl (C=O) groups excluding carboxylic acids is 1. The van der Waals surface area contributed by atoms with E-state index < -0.39 is 11.4 Å². The van der Waals surface area contributed by atoms with Crippen LogP contribution in [0.4, 0.5) is 14.9 Å². The van der Waals surface area contributed by atoms with E-state index in [9.17, 15) is 9.18 Å². The van der Waals surface area contributed by atoms with Gasteiger partial charge in [0.05, 0.1) is 5.56 Å². The topological polar surface area (TPSA) is 32.8 Å². The van der Waals surface area contributed by atoms with E-state index >= 15 is 0 Å². The Morgan fingerprint density at radius 1 is 1.27 bits per heavy atom. The average molecular weight is 304 g/mol. The number of amides is 1. The second kappa shape index (κ2) is 6.27. The van der Waals surface area contributed by atoms with Crippen LogP contribution >= 0.6 is 0 Å². The predicted molar refractivity (Wildman–Crippen MR) is 84.4 cm³/mol. The van der Waals surface area contributed by atoms with Crippen LogP contribution in [-0.2, 0) is 4.74 Å². The molecule has 0 aliphatic carbocycles. The molecule has 1 heterocycles. The van der Waals surface area contributed by atoms with Crippen molar-refractivity contribution in [1.29, 1.82) is 0 Å². The van der Waals surface area contributed by atoms with Crippen molar-refractivity contribution < 1.29 is 13.9 Å². The summed E-state index contributed by atoms with van der Waals surface area (Å²) >= 11 is 0. The van der Waals surface area contributed by atoms with Crippen LogP contribution in [0, 0.1) is 18.2 Å². The van der Waals surface area contributed by atoms with Gasteiger partial charge in [-0.3, -0.25) is 0 Å². The maximum Gasteiger partial charge on any atom is 0.410 e. The number of ether oxygens (including phenoxy) is 1. The number of hydrogen-bond donors (Lipinski definition) is 0. The van der Waals surface area contributed by atoms with E-state index in [1.165, 1.54) is 6.07 Å². The standard InChI is InChI=1S/C17H21FN2O2/c1-5-13-6-7-14(12-15(13)18)19-8-10-20(11-9-19)16(21)22-17(2,3)4/h1,6-7,12H,8-11H2,2-4H3. The third-order valence-corrected chi connectivity index (χ3v) is 3.40. The summed E-state index contributed by atoms with van der Waals surface area (Å²) in [6.45, 7) is 7.90. The Bertz CT molecular complexity index is 594. The molecular formula is C17H21FN2O2. The molecule has 4 nitrogen and oxygen atoms in total. The molecule has 22 heavy (non-hydrogen) atoms. The largest absolute Gasteiger partial charge is 0.444 e. The van der Waals surface area contributed by atoms with Gasteiger partial charge in [0.25, 0.3) is 0 Å². The number of halogens is 1. The first-order chi connectivity index (χ1) is 10.3. The van der Waals surface area contributed by atoms with Crippen LogP contribution in [0.1, 0.15) is 26.3 Å². The number of anilines is 1. The monoisotopic (exact) mass is 304 g/mol. The Hall–Kier alpha value is -2.22. The van der Waals surface area contributed by atoms with E-state index in [0.717, 1.165) is 5.69 Å². The molecule has 0 N–H and O–H groups in total. The van der Waals surface area contributed by atoms with Crippen molar-refractivity contribution in [1.82, 2.24) is 4.90 Å². The van der Waals surface area contributed by atoms with Crippen molar-refractivity contribution in [3.63, 3.8) is 0 Å². The zero-order valence-corrected chi connectivity index (χ0v) is 13.2. The van der Waals surface area contributed by atoms with Gasteiger partial charge in [0.1, 0.15) is 11.4 Å². The summed E-state index contributed by atoms with van der Waals surface area (Å²) in [5, 5.41) is 0. The molecule has 1 aliphatic heterocycles. The molecule has 1 amide bonds. The molecular weight excluding hydrogens is 283 g/mol. The van der Waals surface area contributed by atoms with Crippen molar-refractivity contribution >= 4 is 11.8 Å². The first-order valence-corrected chi connectivity index (χ1v) is 7.29. The van der Waals surface area contributed by atoms with Gasteiger partial charge >= 0.3 is 6.09 Å². The smallest absolute Gasteiger partial charge is 0.410 e. The number of nitrogens with zero attached hydrogens (tertiary/aromatic N) is 2. The number of rotatable bonds is 1. The lowest BCUT2D eigenvalue weighted by Crippen LogP contribution is -2.50. The number of carbonyl (C=O) groups is 1. The lowest BCUT2D eigenvalue weighted by molar-refractivity contribution is 0.0240. The molecule has 5 heteroatoms. The fraction of sp³-hybridized carbons (Fsp3) is 0.471. The zero-order valence-electron chi connectivity index (χ0n) is 13.2. The SMILES string of the molecule is C#Cc1ccc(N2CCN(C(=O)OC(C)(C)C)CC2)cc1F. The van der Waals surface area contributed by atoms with E-state index in [-0.39, 0.29) is 11.7 Å². The van der Waals surface area contributed by atoms with Crippen LogP contribution in [0.3, 0.4) is 0 Å². The van der Waals surface area contributed by atoms with Crippen molar-refractivity contribution in [3.8, 4) is 12.3 Å². The first kappa shape index (κ1) is 16.2. The molecule has 118 valence electrons. The molecule has 0 bridgehead atoms. The van der Waals surface area contributed by atoms with Crippen molar-refractivity contribution in [3.05, 3.63) is 29.6 Å². The fourth-order valence-electron chi connectivity index (χ4n) is 2.29. The Morgan fingerprint density at radius 2 is 1.91 bits per heavy atom. The third-order valence-electron chi connectivity index (χ3n) is 3.40. The normalized spacial score (nSPS) is 15.4. The summed E-state index contributed by atoms with van der Waals surface area (Å²) in [5.41, 5.74) is 0.541. The van der Waals surface area contributed by atoms with Crippen LogP contribution in [-0.4, -0.2) is 42.8 Å². The summed E-state index contributed by atoms with van der Waals surface area (Å²) < 4.78 is 19.1. The highest BCUT2D eigenvalue weighted by Crippen LogP contribution is 2.20. The highest BCUT2D eigenvalue weighted by molar-refractivity contribution is 5.68. The number of terminal acetylenes is 1. The molecule has 1 aliphatic rings. The number of hydrogen-bond acceptors (Lipinski definition) is 3. The van der Waals surface area contributed by atoms with Gasteiger partial charge in [0, 0.05) is 31.9 Å². The lowest BCUT2D eigenvalue weighted by Gasteiger charge is -2.36. The molecule has 0 spiro atoms.